The first-order valence-electron chi connectivity index (χ1n) is 7.39. The molecule has 1 amide bonds. The van der Waals surface area contributed by atoms with E-state index in [0.717, 1.165) is 19.3 Å². The number of amides is 1. The van der Waals surface area contributed by atoms with Gasteiger partial charge in [-0.1, -0.05) is 6.42 Å². The summed E-state index contributed by atoms with van der Waals surface area (Å²) < 4.78 is 37.7. The van der Waals surface area contributed by atoms with Crippen LogP contribution in [0, 0.1) is 17.8 Å². The average molecular weight is 293 g/mol. The van der Waals surface area contributed by atoms with E-state index >= 15 is 0 Å². The van der Waals surface area contributed by atoms with Crippen LogP contribution in [0.3, 0.4) is 0 Å². The molecule has 2 unspecified atom stereocenters. The van der Waals surface area contributed by atoms with Gasteiger partial charge < -0.3 is 10.4 Å². The van der Waals surface area contributed by atoms with Crippen LogP contribution in [-0.4, -0.2) is 29.8 Å². The van der Waals surface area contributed by atoms with Crippen LogP contribution in [0.15, 0.2) is 0 Å². The fourth-order valence-electron chi connectivity index (χ4n) is 3.43. The van der Waals surface area contributed by atoms with Crippen LogP contribution < -0.4 is 5.32 Å². The maximum atomic E-state index is 12.6. The molecule has 0 spiro atoms. The minimum atomic E-state index is -4.13. The molecule has 0 aliphatic heterocycles. The number of rotatable bonds is 3. The third-order valence-electron chi connectivity index (χ3n) is 4.78. The first kappa shape index (κ1) is 15.6. The predicted octanol–water partition coefficient (Wildman–Crippen LogP) is 2.63. The molecule has 0 heterocycles. The summed E-state index contributed by atoms with van der Waals surface area (Å²) in [5.74, 6) is -1.57. The Bertz CT molecular complexity index is 338. The second kappa shape index (κ2) is 6.33. The van der Waals surface area contributed by atoms with Crippen molar-refractivity contribution >= 4 is 5.91 Å². The van der Waals surface area contributed by atoms with E-state index in [2.05, 4.69) is 5.32 Å². The van der Waals surface area contributed by atoms with Crippen molar-refractivity contribution in [2.75, 3.05) is 6.61 Å². The maximum Gasteiger partial charge on any atom is 0.391 e. The van der Waals surface area contributed by atoms with Crippen LogP contribution in [0.25, 0.3) is 0 Å². The molecule has 0 aromatic carbocycles. The summed E-state index contributed by atoms with van der Waals surface area (Å²) in [5, 5.41) is 12.1. The first-order chi connectivity index (χ1) is 9.41. The monoisotopic (exact) mass is 293 g/mol. The van der Waals surface area contributed by atoms with Gasteiger partial charge in [0.25, 0.3) is 0 Å². The first-order valence-corrected chi connectivity index (χ1v) is 7.39. The van der Waals surface area contributed by atoms with Gasteiger partial charge in [-0.2, -0.15) is 13.2 Å². The lowest BCUT2D eigenvalue weighted by atomic mass is 9.81. The number of aliphatic hydroxyl groups excluding tert-OH is 1. The Balaban J connectivity index is 1.80. The minimum absolute atomic E-state index is 0.00663. The van der Waals surface area contributed by atoms with Gasteiger partial charge in [-0.15, -0.1) is 0 Å². The van der Waals surface area contributed by atoms with E-state index in [1.54, 1.807) is 0 Å². The largest absolute Gasteiger partial charge is 0.396 e. The van der Waals surface area contributed by atoms with E-state index < -0.39 is 12.1 Å². The Morgan fingerprint density at radius 1 is 1.10 bits per heavy atom. The SMILES string of the molecule is O=C(NC1CCCC1CO)C1CCC(C(F)(F)F)CC1. The van der Waals surface area contributed by atoms with Crippen molar-refractivity contribution in [1.82, 2.24) is 5.32 Å². The molecule has 0 aromatic heterocycles. The van der Waals surface area contributed by atoms with Crippen molar-refractivity contribution in [3.05, 3.63) is 0 Å². The molecule has 0 radical (unpaired) electrons. The van der Waals surface area contributed by atoms with Gasteiger partial charge in [0.15, 0.2) is 0 Å². The van der Waals surface area contributed by atoms with Crippen LogP contribution >= 0.6 is 0 Å². The van der Waals surface area contributed by atoms with Crippen molar-refractivity contribution in [2.45, 2.75) is 57.2 Å². The van der Waals surface area contributed by atoms with Crippen molar-refractivity contribution < 1.29 is 23.1 Å². The van der Waals surface area contributed by atoms with Crippen LogP contribution in [-0.2, 0) is 4.79 Å². The molecule has 2 atom stereocenters. The van der Waals surface area contributed by atoms with E-state index in [0.29, 0.717) is 12.8 Å². The molecular formula is C14H22F3NO2. The van der Waals surface area contributed by atoms with Crippen molar-refractivity contribution in [1.29, 1.82) is 0 Å². The van der Waals surface area contributed by atoms with Crippen molar-refractivity contribution in [3.8, 4) is 0 Å². The second-order valence-electron chi connectivity index (χ2n) is 6.08. The molecule has 2 N–H and O–H groups in total. The molecule has 2 aliphatic rings. The standard InChI is InChI=1S/C14H22F3NO2/c15-14(16,17)11-6-4-9(5-7-11)13(20)18-12-3-1-2-10(12)8-19/h9-12,19H,1-8H2,(H,18,20). The number of alkyl halides is 3. The van der Waals surface area contributed by atoms with Gasteiger partial charge in [0.05, 0.1) is 5.92 Å². The van der Waals surface area contributed by atoms with Gasteiger partial charge in [-0.05, 0) is 38.5 Å². The number of hydrogen-bond donors (Lipinski definition) is 2. The third kappa shape index (κ3) is 3.65. The highest BCUT2D eigenvalue weighted by Gasteiger charge is 2.42. The van der Waals surface area contributed by atoms with Gasteiger partial charge in [-0.25, -0.2) is 0 Å². The Labute approximate surface area is 116 Å². The molecule has 2 aliphatic carbocycles. The fraction of sp³-hybridized carbons (Fsp3) is 0.929. The zero-order chi connectivity index (χ0) is 14.8. The van der Waals surface area contributed by atoms with Crippen LogP contribution in [0.1, 0.15) is 44.9 Å². The molecule has 6 heteroatoms. The van der Waals surface area contributed by atoms with Gasteiger partial charge in [0.2, 0.25) is 5.91 Å². The maximum absolute atomic E-state index is 12.6. The zero-order valence-corrected chi connectivity index (χ0v) is 11.5. The lowest BCUT2D eigenvalue weighted by Crippen LogP contribution is -2.43. The van der Waals surface area contributed by atoms with E-state index in [1.807, 2.05) is 0 Å². The van der Waals surface area contributed by atoms with Crippen LogP contribution in [0.4, 0.5) is 13.2 Å². The van der Waals surface area contributed by atoms with E-state index in [-0.39, 0.29) is 43.2 Å². The summed E-state index contributed by atoms with van der Waals surface area (Å²) in [6.07, 6.45) is -0.659. The Hall–Kier alpha value is -0.780. The highest BCUT2D eigenvalue weighted by Crippen LogP contribution is 2.39. The molecule has 2 fully saturated rings. The Kier molecular flexibility index (Phi) is 4.94. The smallest absolute Gasteiger partial charge is 0.391 e. The summed E-state index contributed by atoms with van der Waals surface area (Å²) in [4.78, 5) is 12.1. The fourth-order valence-corrected chi connectivity index (χ4v) is 3.43. The van der Waals surface area contributed by atoms with E-state index in [1.165, 1.54) is 0 Å². The number of hydrogen-bond acceptors (Lipinski definition) is 2. The van der Waals surface area contributed by atoms with Crippen molar-refractivity contribution in [3.63, 3.8) is 0 Å². The average Bonchev–Trinajstić information content (AvgIpc) is 2.85. The zero-order valence-electron chi connectivity index (χ0n) is 11.5. The van der Waals surface area contributed by atoms with Crippen molar-refractivity contribution in [2.24, 2.45) is 17.8 Å². The summed E-state index contributed by atoms with van der Waals surface area (Å²) in [6.45, 7) is 0.0613. The highest BCUT2D eigenvalue weighted by atomic mass is 19.4. The van der Waals surface area contributed by atoms with Gasteiger partial charge in [0.1, 0.15) is 0 Å². The van der Waals surface area contributed by atoms with Crippen LogP contribution in [0.5, 0.6) is 0 Å². The number of carbonyl (C=O) groups excluding carboxylic acids is 1. The number of nitrogens with one attached hydrogen (secondary N) is 1. The number of aliphatic hydroxyl groups is 1. The Morgan fingerprint density at radius 2 is 1.75 bits per heavy atom. The van der Waals surface area contributed by atoms with Gasteiger partial charge in [0, 0.05) is 24.5 Å². The molecule has 2 saturated carbocycles. The molecular weight excluding hydrogens is 271 g/mol. The third-order valence-corrected chi connectivity index (χ3v) is 4.78. The summed E-state index contributed by atoms with van der Waals surface area (Å²) in [6, 6.07) is -0.00663. The summed E-state index contributed by atoms with van der Waals surface area (Å²) in [7, 11) is 0. The predicted molar refractivity (Wildman–Crippen MR) is 67.9 cm³/mol. The molecule has 0 bridgehead atoms. The molecule has 0 aromatic rings. The molecule has 116 valence electrons. The minimum Gasteiger partial charge on any atom is -0.396 e. The second-order valence-corrected chi connectivity index (χ2v) is 6.08. The van der Waals surface area contributed by atoms with Gasteiger partial charge >= 0.3 is 6.18 Å². The van der Waals surface area contributed by atoms with E-state index in [9.17, 15) is 23.1 Å². The van der Waals surface area contributed by atoms with Gasteiger partial charge in [-0.3, -0.25) is 4.79 Å². The Morgan fingerprint density at radius 3 is 2.30 bits per heavy atom. The number of carbonyl (C=O) groups is 1. The molecule has 0 saturated heterocycles. The normalized spacial score (nSPS) is 35.0. The van der Waals surface area contributed by atoms with E-state index in [4.69, 9.17) is 0 Å². The lowest BCUT2D eigenvalue weighted by Gasteiger charge is -2.30. The summed E-state index contributed by atoms with van der Waals surface area (Å²) in [5.41, 5.74) is 0. The molecule has 2 rings (SSSR count). The summed E-state index contributed by atoms with van der Waals surface area (Å²) >= 11 is 0. The highest BCUT2D eigenvalue weighted by molar-refractivity contribution is 5.79. The quantitative estimate of drug-likeness (QED) is 0.840. The topological polar surface area (TPSA) is 49.3 Å². The lowest BCUT2D eigenvalue weighted by molar-refractivity contribution is -0.184. The molecule has 20 heavy (non-hydrogen) atoms. The number of halogens is 3. The van der Waals surface area contributed by atoms with Crippen LogP contribution in [0.2, 0.25) is 0 Å². The molecule has 3 nitrogen and oxygen atoms in total.